The van der Waals surface area contributed by atoms with Crippen molar-refractivity contribution in [2.75, 3.05) is 6.54 Å². The van der Waals surface area contributed by atoms with Gasteiger partial charge in [0.1, 0.15) is 5.82 Å². The maximum absolute atomic E-state index is 12.6. The Morgan fingerprint density at radius 3 is 2.67 bits per heavy atom. The fourth-order valence-electron chi connectivity index (χ4n) is 3.46. The van der Waals surface area contributed by atoms with E-state index in [1.54, 1.807) is 18.3 Å². The van der Waals surface area contributed by atoms with Gasteiger partial charge in [-0.25, -0.2) is 4.98 Å². The molecular weight excluding hydrogens is 400 g/mol. The Bertz CT molecular complexity index is 1280. The summed E-state index contributed by atoms with van der Waals surface area (Å²) in [5.74, 6) is 0.670. The molecule has 0 aliphatic rings. The number of para-hydroxylation sites is 2. The Morgan fingerprint density at radius 2 is 1.83 bits per heavy atom. The van der Waals surface area contributed by atoms with E-state index in [0.717, 1.165) is 22.4 Å². The van der Waals surface area contributed by atoms with Gasteiger partial charge in [0, 0.05) is 30.4 Å². The number of amides is 1. The fourth-order valence-corrected chi connectivity index (χ4v) is 3.66. The number of aryl methyl sites for hydroxylation is 1. The van der Waals surface area contributed by atoms with Crippen LogP contribution >= 0.6 is 11.6 Å². The number of halogens is 1. The molecule has 1 amide bonds. The van der Waals surface area contributed by atoms with Gasteiger partial charge in [0.15, 0.2) is 0 Å². The minimum absolute atomic E-state index is 0.188. The van der Waals surface area contributed by atoms with E-state index < -0.39 is 0 Å². The summed E-state index contributed by atoms with van der Waals surface area (Å²) in [6.45, 7) is 3.31. The van der Waals surface area contributed by atoms with Crippen molar-refractivity contribution >= 4 is 28.5 Å². The third kappa shape index (κ3) is 4.14. The SMILES string of the molecule is Cc1nc2ccccc2n1CCNC(=O)c1ccc(=O)n(Cc2ccccc2Cl)c1. The molecule has 1 N–H and O–H groups in total. The summed E-state index contributed by atoms with van der Waals surface area (Å²) in [5, 5.41) is 3.51. The molecule has 0 radical (unpaired) electrons. The van der Waals surface area contributed by atoms with Crippen LogP contribution in [0.4, 0.5) is 0 Å². The van der Waals surface area contributed by atoms with E-state index >= 15 is 0 Å². The third-order valence-corrected chi connectivity index (χ3v) is 5.38. The summed E-state index contributed by atoms with van der Waals surface area (Å²) in [5.41, 5.74) is 3.03. The lowest BCUT2D eigenvalue weighted by molar-refractivity contribution is 0.0951. The van der Waals surface area contributed by atoms with Crippen molar-refractivity contribution in [1.82, 2.24) is 19.4 Å². The molecule has 6 nitrogen and oxygen atoms in total. The average Bonchev–Trinajstić information content (AvgIpc) is 3.06. The summed E-state index contributed by atoms with van der Waals surface area (Å²) in [4.78, 5) is 29.4. The van der Waals surface area contributed by atoms with Crippen molar-refractivity contribution in [3.05, 3.63) is 99.2 Å². The molecule has 0 fully saturated rings. The molecule has 152 valence electrons. The van der Waals surface area contributed by atoms with Crippen LogP contribution in [0.25, 0.3) is 11.0 Å². The molecule has 0 aliphatic heterocycles. The van der Waals surface area contributed by atoms with Crippen molar-refractivity contribution in [1.29, 1.82) is 0 Å². The fraction of sp³-hybridized carbons (Fsp3) is 0.174. The molecule has 0 aliphatic carbocycles. The summed E-state index contributed by atoms with van der Waals surface area (Å²) in [7, 11) is 0. The Balaban J connectivity index is 1.45. The molecule has 4 rings (SSSR count). The molecule has 0 saturated carbocycles. The predicted molar refractivity (Wildman–Crippen MR) is 118 cm³/mol. The number of nitrogens with one attached hydrogen (secondary N) is 1. The minimum Gasteiger partial charge on any atom is -0.350 e. The van der Waals surface area contributed by atoms with Crippen LogP contribution in [0.3, 0.4) is 0 Å². The van der Waals surface area contributed by atoms with Crippen molar-refractivity contribution in [2.45, 2.75) is 20.0 Å². The minimum atomic E-state index is -0.231. The molecule has 0 spiro atoms. The van der Waals surface area contributed by atoms with Gasteiger partial charge in [0.05, 0.1) is 23.1 Å². The summed E-state index contributed by atoms with van der Waals surface area (Å²) in [6.07, 6.45) is 1.57. The van der Waals surface area contributed by atoms with Crippen LogP contribution in [0.1, 0.15) is 21.7 Å². The monoisotopic (exact) mass is 420 g/mol. The van der Waals surface area contributed by atoms with E-state index in [2.05, 4.69) is 14.9 Å². The van der Waals surface area contributed by atoms with Gasteiger partial charge in [0.25, 0.3) is 11.5 Å². The molecule has 2 aromatic heterocycles. The summed E-state index contributed by atoms with van der Waals surface area (Å²) < 4.78 is 3.57. The van der Waals surface area contributed by atoms with Gasteiger partial charge in [-0.3, -0.25) is 9.59 Å². The topological polar surface area (TPSA) is 68.9 Å². The first kappa shape index (κ1) is 19.9. The molecule has 0 bridgehead atoms. The van der Waals surface area contributed by atoms with Crippen LogP contribution in [0.15, 0.2) is 71.7 Å². The van der Waals surface area contributed by atoms with E-state index in [1.165, 1.54) is 10.6 Å². The van der Waals surface area contributed by atoms with Gasteiger partial charge in [0.2, 0.25) is 0 Å². The van der Waals surface area contributed by atoms with E-state index in [9.17, 15) is 9.59 Å². The Labute approximate surface area is 178 Å². The van der Waals surface area contributed by atoms with Gasteiger partial charge in [-0.15, -0.1) is 0 Å². The Kier molecular flexibility index (Phi) is 5.68. The van der Waals surface area contributed by atoms with Crippen molar-refractivity contribution in [3.63, 3.8) is 0 Å². The van der Waals surface area contributed by atoms with Gasteiger partial charge >= 0.3 is 0 Å². The van der Waals surface area contributed by atoms with E-state index in [1.807, 2.05) is 49.4 Å². The maximum atomic E-state index is 12.6. The third-order valence-electron chi connectivity index (χ3n) is 5.01. The van der Waals surface area contributed by atoms with Crippen molar-refractivity contribution < 1.29 is 4.79 Å². The molecule has 0 saturated heterocycles. The number of carbonyl (C=O) groups is 1. The maximum Gasteiger partial charge on any atom is 0.252 e. The number of rotatable bonds is 6. The Morgan fingerprint density at radius 1 is 1.07 bits per heavy atom. The zero-order valence-electron chi connectivity index (χ0n) is 16.5. The van der Waals surface area contributed by atoms with Gasteiger partial charge < -0.3 is 14.5 Å². The first-order valence-corrected chi connectivity index (χ1v) is 10.0. The quantitative estimate of drug-likeness (QED) is 0.517. The molecule has 0 atom stereocenters. The number of pyridine rings is 1. The highest BCUT2D eigenvalue weighted by atomic mass is 35.5. The lowest BCUT2D eigenvalue weighted by atomic mass is 10.2. The Hall–Kier alpha value is -3.38. The van der Waals surface area contributed by atoms with E-state index in [-0.39, 0.29) is 11.5 Å². The molecule has 2 heterocycles. The number of hydrogen-bond acceptors (Lipinski definition) is 3. The highest BCUT2D eigenvalue weighted by Crippen LogP contribution is 2.16. The summed E-state index contributed by atoms with van der Waals surface area (Å²) in [6, 6.07) is 18.2. The molecule has 30 heavy (non-hydrogen) atoms. The van der Waals surface area contributed by atoms with Crippen LogP contribution in [-0.2, 0) is 13.1 Å². The molecule has 4 aromatic rings. The standard InChI is InChI=1S/C23H21ClN4O2/c1-16-26-20-8-4-5-9-21(20)28(16)13-12-25-23(30)18-10-11-22(29)27(15-18)14-17-6-2-3-7-19(17)24/h2-11,15H,12-14H2,1H3,(H,25,30). The van der Waals surface area contributed by atoms with Crippen LogP contribution in [-0.4, -0.2) is 26.6 Å². The second-order valence-electron chi connectivity index (χ2n) is 7.03. The number of hydrogen-bond donors (Lipinski definition) is 1. The number of benzene rings is 2. The molecule has 2 aromatic carbocycles. The normalized spacial score (nSPS) is 11.0. The predicted octanol–water partition coefficient (Wildman–Crippen LogP) is 3.64. The second-order valence-corrected chi connectivity index (χ2v) is 7.44. The highest BCUT2D eigenvalue weighted by Gasteiger charge is 2.10. The number of imidazole rings is 1. The number of carbonyl (C=O) groups excluding carboxylic acids is 1. The second kappa shape index (κ2) is 8.55. The first-order chi connectivity index (χ1) is 14.5. The highest BCUT2D eigenvalue weighted by molar-refractivity contribution is 6.31. The van der Waals surface area contributed by atoms with Gasteiger partial charge in [-0.2, -0.15) is 0 Å². The first-order valence-electron chi connectivity index (χ1n) is 9.67. The molecular formula is C23H21ClN4O2. The number of aromatic nitrogens is 3. The van der Waals surface area contributed by atoms with Crippen molar-refractivity contribution in [2.24, 2.45) is 0 Å². The zero-order chi connectivity index (χ0) is 21.1. The lowest BCUT2D eigenvalue weighted by Gasteiger charge is -2.11. The molecule has 0 unspecified atom stereocenters. The largest absolute Gasteiger partial charge is 0.350 e. The van der Waals surface area contributed by atoms with E-state index in [4.69, 9.17) is 11.6 Å². The van der Waals surface area contributed by atoms with E-state index in [0.29, 0.717) is 30.2 Å². The average molecular weight is 421 g/mol. The van der Waals surface area contributed by atoms with Gasteiger partial charge in [-0.05, 0) is 36.8 Å². The lowest BCUT2D eigenvalue weighted by Crippen LogP contribution is -2.29. The van der Waals surface area contributed by atoms with Crippen LogP contribution in [0.2, 0.25) is 5.02 Å². The summed E-state index contributed by atoms with van der Waals surface area (Å²) >= 11 is 6.20. The smallest absolute Gasteiger partial charge is 0.252 e. The van der Waals surface area contributed by atoms with Gasteiger partial charge in [-0.1, -0.05) is 41.9 Å². The molecule has 7 heteroatoms. The number of nitrogens with zero attached hydrogens (tertiary/aromatic N) is 3. The van der Waals surface area contributed by atoms with Crippen molar-refractivity contribution in [3.8, 4) is 0 Å². The van der Waals surface area contributed by atoms with Crippen LogP contribution < -0.4 is 10.9 Å². The van der Waals surface area contributed by atoms with Crippen LogP contribution in [0.5, 0.6) is 0 Å². The number of fused-ring (bicyclic) bond motifs is 1. The van der Waals surface area contributed by atoms with Crippen LogP contribution in [0, 0.1) is 6.92 Å². The zero-order valence-corrected chi connectivity index (χ0v) is 17.3.